The Balaban J connectivity index is 1.83. The summed E-state index contributed by atoms with van der Waals surface area (Å²) in [5.74, 6) is 1.13. The highest BCUT2D eigenvalue weighted by molar-refractivity contribution is 7.07. The monoisotopic (exact) mass is 556 g/mol. The van der Waals surface area contributed by atoms with E-state index < -0.39 is 12.0 Å². The minimum Gasteiger partial charge on any atom is -0.497 e. The number of thiazole rings is 1. The number of aromatic nitrogens is 1. The molecule has 0 spiro atoms. The first-order chi connectivity index (χ1) is 19.5. The molecule has 2 heterocycles. The molecule has 0 saturated heterocycles. The first kappa shape index (κ1) is 27.0. The molecule has 1 aliphatic rings. The van der Waals surface area contributed by atoms with Crippen molar-refractivity contribution in [3.8, 4) is 17.2 Å². The standard InChI is InChI=1S/C31H28N2O6S/c1-5-39-30(35)26-27(20-11-7-6-8-12-20)32-31-33(28(26)21-14-15-23(37-3)24(18-21)38-4)29(34)25(40-31)17-19-10-9-13-22(16-19)36-2/h6-18,28H,5H2,1-4H3/b25-17+/t28-/m1/s1. The van der Waals surface area contributed by atoms with Crippen LogP contribution in [0.1, 0.15) is 29.7 Å². The van der Waals surface area contributed by atoms with Crippen LogP contribution in [0, 0.1) is 0 Å². The zero-order valence-corrected chi connectivity index (χ0v) is 23.4. The number of ether oxygens (including phenoxy) is 4. The lowest BCUT2D eigenvalue weighted by atomic mass is 9.93. The number of benzene rings is 3. The molecule has 0 fully saturated rings. The molecule has 8 nitrogen and oxygen atoms in total. The van der Waals surface area contributed by atoms with Gasteiger partial charge in [-0.3, -0.25) is 9.36 Å². The van der Waals surface area contributed by atoms with Crippen molar-refractivity contribution in [1.29, 1.82) is 0 Å². The van der Waals surface area contributed by atoms with Crippen LogP contribution in [0.15, 0.2) is 88.2 Å². The van der Waals surface area contributed by atoms with E-state index in [1.54, 1.807) is 51.0 Å². The van der Waals surface area contributed by atoms with Gasteiger partial charge in [-0.25, -0.2) is 9.79 Å². The highest BCUT2D eigenvalue weighted by Gasteiger charge is 2.35. The first-order valence-corrected chi connectivity index (χ1v) is 13.4. The third kappa shape index (κ3) is 5.03. The molecule has 0 bridgehead atoms. The van der Waals surface area contributed by atoms with Gasteiger partial charge in [-0.2, -0.15) is 0 Å². The number of carbonyl (C=O) groups excluding carboxylic acids is 1. The smallest absolute Gasteiger partial charge is 0.338 e. The van der Waals surface area contributed by atoms with Crippen molar-refractivity contribution in [3.63, 3.8) is 0 Å². The van der Waals surface area contributed by atoms with Crippen LogP contribution in [0.3, 0.4) is 0 Å². The molecule has 1 aromatic heterocycles. The fourth-order valence-electron chi connectivity index (χ4n) is 4.66. The average molecular weight is 557 g/mol. The number of nitrogens with zero attached hydrogens (tertiary/aromatic N) is 2. The number of esters is 1. The van der Waals surface area contributed by atoms with Crippen LogP contribution >= 0.6 is 11.3 Å². The fourth-order valence-corrected chi connectivity index (χ4v) is 5.66. The molecule has 0 amide bonds. The predicted molar refractivity (Wildman–Crippen MR) is 154 cm³/mol. The predicted octanol–water partition coefficient (Wildman–Crippen LogP) is 3.96. The SMILES string of the molecule is CCOC(=O)C1=C(c2ccccc2)N=c2s/c(=C/c3cccc(OC)c3)c(=O)n2[C@@H]1c1ccc(OC)c(OC)c1. The van der Waals surface area contributed by atoms with Crippen molar-refractivity contribution in [2.24, 2.45) is 4.99 Å². The molecule has 9 heteroatoms. The van der Waals surface area contributed by atoms with Crippen LogP contribution in [0.2, 0.25) is 0 Å². The Morgan fingerprint density at radius 2 is 1.73 bits per heavy atom. The first-order valence-electron chi connectivity index (χ1n) is 12.6. The second kappa shape index (κ2) is 11.6. The van der Waals surface area contributed by atoms with Crippen LogP contribution < -0.4 is 29.1 Å². The van der Waals surface area contributed by atoms with E-state index in [9.17, 15) is 9.59 Å². The van der Waals surface area contributed by atoms with Gasteiger partial charge in [0.15, 0.2) is 16.3 Å². The van der Waals surface area contributed by atoms with Crippen molar-refractivity contribution in [3.05, 3.63) is 115 Å². The van der Waals surface area contributed by atoms with Gasteiger partial charge >= 0.3 is 5.97 Å². The molecule has 40 heavy (non-hydrogen) atoms. The van der Waals surface area contributed by atoms with E-state index in [1.165, 1.54) is 11.3 Å². The second-order valence-corrected chi connectivity index (χ2v) is 9.83. The summed E-state index contributed by atoms with van der Waals surface area (Å²) in [7, 11) is 4.69. The zero-order chi connectivity index (χ0) is 28.2. The summed E-state index contributed by atoms with van der Waals surface area (Å²) in [5.41, 5.74) is 2.63. The second-order valence-electron chi connectivity index (χ2n) is 8.82. The number of carbonyl (C=O) groups is 1. The summed E-state index contributed by atoms with van der Waals surface area (Å²) in [6.45, 7) is 1.92. The number of hydrogen-bond donors (Lipinski definition) is 0. The van der Waals surface area contributed by atoms with E-state index in [0.29, 0.717) is 37.8 Å². The molecular weight excluding hydrogens is 528 g/mol. The van der Waals surface area contributed by atoms with E-state index in [4.69, 9.17) is 23.9 Å². The van der Waals surface area contributed by atoms with Gasteiger partial charge in [-0.1, -0.05) is 59.9 Å². The lowest BCUT2D eigenvalue weighted by molar-refractivity contribution is -0.138. The number of hydrogen-bond acceptors (Lipinski definition) is 8. The summed E-state index contributed by atoms with van der Waals surface area (Å²) < 4.78 is 23.9. The van der Waals surface area contributed by atoms with Gasteiger partial charge in [0, 0.05) is 5.56 Å². The van der Waals surface area contributed by atoms with Crippen molar-refractivity contribution < 1.29 is 23.7 Å². The molecule has 0 aliphatic carbocycles. The number of methoxy groups -OCH3 is 3. The van der Waals surface area contributed by atoms with Gasteiger partial charge in [0.2, 0.25) is 0 Å². The fraction of sp³-hybridized carbons (Fsp3) is 0.194. The number of rotatable bonds is 8. The van der Waals surface area contributed by atoms with Crippen molar-refractivity contribution in [2.45, 2.75) is 13.0 Å². The lowest BCUT2D eigenvalue weighted by Gasteiger charge is -2.26. The largest absolute Gasteiger partial charge is 0.497 e. The Bertz CT molecular complexity index is 1770. The highest BCUT2D eigenvalue weighted by atomic mass is 32.1. The molecule has 0 unspecified atom stereocenters. The summed E-state index contributed by atoms with van der Waals surface area (Å²) in [6, 6.07) is 21.4. The highest BCUT2D eigenvalue weighted by Crippen LogP contribution is 2.38. The van der Waals surface area contributed by atoms with E-state index in [-0.39, 0.29) is 17.7 Å². The zero-order valence-electron chi connectivity index (χ0n) is 22.5. The van der Waals surface area contributed by atoms with Gasteiger partial charge in [0.05, 0.1) is 49.8 Å². The quantitative estimate of drug-likeness (QED) is 0.306. The normalized spacial score (nSPS) is 14.8. The molecule has 0 radical (unpaired) electrons. The van der Waals surface area contributed by atoms with E-state index in [2.05, 4.69) is 0 Å². The van der Waals surface area contributed by atoms with Crippen LogP contribution in [0.5, 0.6) is 17.2 Å². The van der Waals surface area contributed by atoms with Crippen LogP contribution in [0.4, 0.5) is 0 Å². The van der Waals surface area contributed by atoms with Crippen LogP contribution in [-0.4, -0.2) is 38.5 Å². The van der Waals surface area contributed by atoms with Crippen molar-refractivity contribution in [2.75, 3.05) is 27.9 Å². The maximum atomic E-state index is 14.0. The molecule has 204 valence electrons. The third-order valence-corrected chi connectivity index (χ3v) is 7.47. The lowest BCUT2D eigenvalue weighted by Crippen LogP contribution is -2.40. The van der Waals surface area contributed by atoms with Gasteiger partial charge in [0.1, 0.15) is 5.75 Å². The summed E-state index contributed by atoms with van der Waals surface area (Å²) in [6.07, 6.45) is 1.80. The maximum Gasteiger partial charge on any atom is 0.338 e. The van der Waals surface area contributed by atoms with Gasteiger partial charge in [0.25, 0.3) is 5.56 Å². The van der Waals surface area contributed by atoms with Crippen LogP contribution in [0.25, 0.3) is 11.8 Å². The Morgan fingerprint density at radius 1 is 0.950 bits per heavy atom. The molecule has 5 rings (SSSR count). The Kier molecular flexibility index (Phi) is 7.84. The maximum absolute atomic E-state index is 14.0. The average Bonchev–Trinajstić information content (AvgIpc) is 3.30. The molecule has 1 aliphatic heterocycles. The van der Waals surface area contributed by atoms with Crippen molar-refractivity contribution >= 4 is 29.1 Å². The molecule has 3 aromatic carbocycles. The third-order valence-electron chi connectivity index (χ3n) is 6.49. The van der Waals surface area contributed by atoms with Crippen molar-refractivity contribution in [1.82, 2.24) is 4.57 Å². The van der Waals surface area contributed by atoms with E-state index >= 15 is 0 Å². The minimum atomic E-state index is -0.822. The molecular formula is C31H28N2O6S. The van der Waals surface area contributed by atoms with Gasteiger partial charge < -0.3 is 18.9 Å². The van der Waals surface area contributed by atoms with E-state index in [0.717, 1.165) is 11.1 Å². The Labute approximate surface area is 235 Å². The summed E-state index contributed by atoms with van der Waals surface area (Å²) >= 11 is 1.26. The Morgan fingerprint density at radius 3 is 2.42 bits per heavy atom. The summed E-state index contributed by atoms with van der Waals surface area (Å²) in [4.78, 5) is 33.0. The van der Waals surface area contributed by atoms with Crippen LogP contribution in [-0.2, 0) is 9.53 Å². The van der Waals surface area contributed by atoms with E-state index in [1.807, 2.05) is 60.7 Å². The topological polar surface area (TPSA) is 88.4 Å². The summed E-state index contributed by atoms with van der Waals surface area (Å²) in [5, 5.41) is 0. The molecule has 0 saturated carbocycles. The molecule has 4 aromatic rings. The molecule has 0 N–H and O–H groups in total. The molecule has 1 atom stereocenters. The minimum absolute atomic E-state index is 0.170. The number of fused-ring (bicyclic) bond motifs is 1. The Hall–Kier alpha value is -4.63. The van der Waals surface area contributed by atoms with Gasteiger partial charge in [-0.05, 0) is 48.4 Å². The van der Waals surface area contributed by atoms with Gasteiger partial charge in [-0.15, -0.1) is 0 Å².